The van der Waals surface area contributed by atoms with Crippen molar-refractivity contribution in [2.24, 2.45) is 5.16 Å². The van der Waals surface area contributed by atoms with Crippen molar-refractivity contribution in [3.05, 3.63) is 59.3 Å². The Hall–Kier alpha value is -3.74. The van der Waals surface area contributed by atoms with Crippen molar-refractivity contribution in [1.82, 2.24) is 4.98 Å². The predicted molar refractivity (Wildman–Crippen MR) is 124 cm³/mol. The molecule has 1 aliphatic heterocycles. The molecule has 2 heterocycles. The van der Waals surface area contributed by atoms with Gasteiger partial charge in [0.15, 0.2) is 11.5 Å². The van der Waals surface area contributed by atoms with Gasteiger partial charge in [-0.25, -0.2) is 0 Å². The molecule has 2 aromatic carbocycles. The summed E-state index contributed by atoms with van der Waals surface area (Å²) in [5, 5.41) is 5.21. The lowest BCUT2D eigenvalue weighted by atomic mass is 9.94. The predicted octanol–water partition coefficient (Wildman–Crippen LogP) is 4.84. The van der Waals surface area contributed by atoms with Gasteiger partial charge in [0.05, 0.1) is 32.4 Å². The van der Waals surface area contributed by atoms with Gasteiger partial charge in [0.1, 0.15) is 29.9 Å². The molecular formula is C25H26N2O5. The van der Waals surface area contributed by atoms with Gasteiger partial charge < -0.3 is 23.8 Å². The van der Waals surface area contributed by atoms with Crippen LogP contribution in [0.4, 0.5) is 0 Å². The maximum absolute atomic E-state index is 6.11. The van der Waals surface area contributed by atoms with Crippen molar-refractivity contribution >= 4 is 22.7 Å². The standard InChI is InChI=1S/C25H26N2O5/c1-25(2)11-9-16-20(32-25)8-7-17(24(16)30-5)23(27-31-6)15-10-12-26-19-14-22(29-4)21(28-3)13-18(15)19/h7-14H,1-6H3/b27-23+. The number of methoxy groups -OCH3 is 3. The van der Waals surface area contributed by atoms with Gasteiger partial charge >= 0.3 is 0 Å². The molecular weight excluding hydrogens is 408 g/mol. The first-order valence-corrected chi connectivity index (χ1v) is 10.1. The van der Waals surface area contributed by atoms with E-state index in [0.717, 1.165) is 33.3 Å². The number of pyridine rings is 1. The average molecular weight is 434 g/mol. The number of benzene rings is 2. The van der Waals surface area contributed by atoms with Crippen molar-refractivity contribution in [3.8, 4) is 23.0 Å². The first-order chi connectivity index (χ1) is 15.4. The van der Waals surface area contributed by atoms with Crippen LogP contribution in [0.25, 0.3) is 17.0 Å². The van der Waals surface area contributed by atoms with Gasteiger partial charge in [0, 0.05) is 28.8 Å². The third-order valence-corrected chi connectivity index (χ3v) is 5.32. The van der Waals surface area contributed by atoms with Crippen molar-refractivity contribution < 1.29 is 23.8 Å². The smallest absolute Gasteiger partial charge is 0.162 e. The van der Waals surface area contributed by atoms with Crippen molar-refractivity contribution in [2.45, 2.75) is 19.4 Å². The van der Waals surface area contributed by atoms with Crippen LogP contribution in [0, 0.1) is 0 Å². The van der Waals surface area contributed by atoms with E-state index in [0.29, 0.717) is 23.0 Å². The highest BCUT2D eigenvalue weighted by Gasteiger charge is 2.27. The Morgan fingerprint density at radius 1 is 0.938 bits per heavy atom. The van der Waals surface area contributed by atoms with Crippen LogP contribution in [0.3, 0.4) is 0 Å². The summed E-state index contributed by atoms with van der Waals surface area (Å²) in [6, 6.07) is 9.47. The number of fused-ring (bicyclic) bond motifs is 2. The monoisotopic (exact) mass is 434 g/mol. The Kier molecular flexibility index (Phi) is 5.65. The van der Waals surface area contributed by atoms with Gasteiger partial charge in [-0.1, -0.05) is 5.16 Å². The highest BCUT2D eigenvalue weighted by Crippen LogP contribution is 2.41. The van der Waals surface area contributed by atoms with Crippen LogP contribution >= 0.6 is 0 Å². The van der Waals surface area contributed by atoms with E-state index in [9.17, 15) is 0 Å². The summed E-state index contributed by atoms with van der Waals surface area (Å²) in [4.78, 5) is 9.74. The number of nitrogens with zero attached hydrogens (tertiary/aromatic N) is 2. The molecule has 1 aromatic heterocycles. The Balaban J connectivity index is 1.95. The molecule has 1 aliphatic rings. The third kappa shape index (κ3) is 3.70. The number of rotatable bonds is 6. The van der Waals surface area contributed by atoms with E-state index in [2.05, 4.69) is 10.1 Å². The molecule has 0 fully saturated rings. The van der Waals surface area contributed by atoms with Gasteiger partial charge in [0.25, 0.3) is 0 Å². The van der Waals surface area contributed by atoms with Crippen LogP contribution in [0.5, 0.6) is 23.0 Å². The highest BCUT2D eigenvalue weighted by molar-refractivity contribution is 6.20. The zero-order valence-corrected chi connectivity index (χ0v) is 19.1. The lowest BCUT2D eigenvalue weighted by Gasteiger charge is -2.29. The van der Waals surface area contributed by atoms with E-state index < -0.39 is 0 Å². The molecule has 0 aliphatic carbocycles. The van der Waals surface area contributed by atoms with Crippen LogP contribution in [0.1, 0.15) is 30.5 Å². The quantitative estimate of drug-likeness (QED) is 0.408. The molecule has 166 valence electrons. The summed E-state index contributed by atoms with van der Waals surface area (Å²) < 4.78 is 22.9. The van der Waals surface area contributed by atoms with E-state index in [4.69, 9.17) is 23.8 Å². The molecule has 0 unspecified atom stereocenters. The Morgan fingerprint density at radius 2 is 1.69 bits per heavy atom. The lowest BCUT2D eigenvalue weighted by Crippen LogP contribution is -2.27. The zero-order chi connectivity index (χ0) is 22.9. The van der Waals surface area contributed by atoms with Crippen molar-refractivity contribution in [3.63, 3.8) is 0 Å². The zero-order valence-electron chi connectivity index (χ0n) is 19.1. The molecule has 0 N–H and O–H groups in total. The highest BCUT2D eigenvalue weighted by atomic mass is 16.6. The fraction of sp³-hybridized carbons (Fsp3) is 0.280. The van der Waals surface area contributed by atoms with Gasteiger partial charge in [-0.15, -0.1) is 0 Å². The summed E-state index contributed by atoms with van der Waals surface area (Å²) in [7, 11) is 6.35. The second kappa shape index (κ2) is 8.42. The summed E-state index contributed by atoms with van der Waals surface area (Å²) in [5.41, 5.74) is 3.39. The van der Waals surface area contributed by atoms with Crippen LogP contribution in [-0.4, -0.2) is 44.7 Å². The van der Waals surface area contributed by atoms with Crippen LogP contribution < -0.4 is 18.9 Å². The molecule has 0 saturated carbocycles. The third-order valence-electron chi connectivity index (χ3n) is 5.32. The summed E-state index contributed by atoms with van der Waals surface area (Å²) >= 11 is 0. The number of oxime groups is 1. The van der Waals surface area contributed by atoms with Gasteiger partial charge in [-0.2, -0.15) is 0 Å². The van der Waals surface area contributed by atoms with Gasteiger partial charge in [-0.3, -0.25) is 4.98 Å². The minimum absolute atomic E-state index is 0.389. The molecule has 0 radical (unpaired) electrons. The average Bonchev–Trinajstić information content (AvgIpc) is 2.80. The topological polar surface area (TPSA) is 71.4 Å². The number of aromatic nitrogens is 1. The van der Waals surface area contributed by atoms with E-state index >= 15 is 0 Å². The lowest BCUT2D eigenvalue weighted by molar-refractivity contribution is 0.158. The Labute approximate surface area is 187 Å². The molecule has 4 rings (SSSR count). The first kappa shape index (κ1) is 21.5. The van der Waals surface area contributed by atoms with Crippen LogP contribution in [-0.2, 0) is 4.84 Å². The van der Waals surface area contributed by atoms with Gasteiger partial charge in [0.2, 0.25) is 0 Å². The van der Waals surface area contributed by atoms with Gasteiger partial charge in [-0.05, 0) is 50.3 Å². The SMILES string of the molecule is CO/N=C(/c1ccc2c(c1OC)C=CC(C)(C)O2)c1ccnc2cc(OC)c(OC)cc12. The molecule has 0 amide bonds. The molecule has 3 aromatic rings. The molecule has 0 spiro atoms. The molecule has 7 nitrogen and oxygen atoms in total. The minimum Gasteiger partial charge on any atom is -0.495 e. The molecule has 0 atom stereocenters. The molecule has 0 bridgehead atoms. The number of ether oxygens (including phenoxy) is 4. The second-order valence-corrected chi connectivity index (χ2v) is 7.80. The normalized spacial score (nSPS) is 14.5. The fourth-order valence-electron chi connectivity index (χ4n) is 3.85. The fourth-order valence-corrected chi connectivity index (χ4v) is 3.85. The molecule has 7 heteroatoms. The number of hydrogen-bond donors (Lipinski definition) is 0. The maximum atomic E-state index is 6.11. The van der Waals surface area contributed by atoms with E-state index in [1.165, 1.54) is 7.11 Å². The van der Waals surface area contributed by atoms with E-state index in [1.807, 2.05) is 56.3 Å². The van der Waals surface area contributed by atoms with E-state index in [-0.39, 0.29) is 5.60 Å². The Bertz CT molecular complexity index is 1230. The summed E-state index contributed by atoms with van der Waals surface area (Å²) in [5.74, 6) is 2.60. The largest absolute Gasteiger partial charge is 0.495 e. The molecule has 0 saturated heterocycles. The maximum Gasteiger partial charge on any atom is 0.162 e. The first-order valence-electron chi connectivity index (χ1n) is 10.1. The van der Waals surface area contributed by atoms with Crippen molar-refractivity contribution in [1.29, 1.82) is 0 Å². The number of hydrogen-bond acceptors (Lipinski definition) is 7. The second-order valence-electron chi connectivity index (χ2n) is 7.80. The van der Waals surface area contributed by atoms with E-state index in [1.54, 1.807) is 27.5 Å². The minimum atomic E-state index is -0.389. The summed E-state index contributed by atoms with van der Waals surface area (Å²) in [6.45, 7) is 4.02. The Morgan fingerprint density at radius 3 is 2.38 bits per heavy atom. The van der Waals surface area contributed by atoms with Crippen LogP contribution in [0.2, 0.25) is 0 Å². The van der Waals surface area contributed by atoms with Crippen LogP contribution in [0.15, 0.2) is 47.8 Å². The molecule has 32 heavy (non-hydrogen) atoms. The summed E-state index contributed by atoms with van der Waals surface area (Å²) in [6.07, 6.45) is 5.75. The van der Waals surface area contributed by atoms with Crippen molar-refractivity contribution in [2.75, 3.05) is 28.4 Å².